The average molecular weight is 271 g/mol. The molecule has 1 saturated heterocycles. The van der Waals surface area contributed by atoms with Crippen molar-refractivity contribution in [3.63, 3.8) is 0 Å². The minimum atomic E-state index is -1.06. The molecule has 1 aliphatic rings. The Bertz CT molecular complexity index is 459. The van der Waals surface area contributed by atoms with Gasteiger partial charge in [0.05, 0.1) is 22.4 Å². The van der Waals surface area contributed by atoms with Crippen LogP contribution in [0.5, 0.6) is 0 Å². The van der Waals surface area contributed by atoms with Gasteiger partial charge in [0.15, 0.2) is 0 Å². The van der Waals surface area contributed by atoms with E-state index in [9.17, 15) is 4.79 Å². The fourth-order valence-electron chi connectivity index (χ4n) is 2.00. The number of nitrogens with two attached hydrogens (primary N) is 1. The van der Waals surface area contributed by atoms with E-state index in [-0.39, 0.29) is 11.7 Å². The lowest BCUT2D eigenvalue weighted by Gasteiger charge is -2.15. The van der Waals surface area contributed by atoms with Crippen molar-refractivity contribution in [2.45, 2.75) is 18.9 Å². The summed E-state index contributed by atoms with van der Waals surface area (Å²) in [4.78, 5) is 11.1. The molecular formula is C12H15ClN2O3. The number of nitrogen functional groups attached to an aromatic ring is 1. The molecule has 0 spiro atoms. The van der Waals surface area contributed by atoms with Gasteiger partial charge in [-0.1, -0.05) is 11.6 Å². The molecule has 98 valence electrons. The van der Waals surface area contributed by atoms with Gasteiger partial charge in [0.25, 0.3) is 0 Å². The maximum atomic E-state index is 11.1. The molecule has 18 heavy (non-hydrogen) atoms. The zero-order valence-corrected chi connectivity index (χ0v) is 10.5. The SMILES string of the molecule is Nc1cc(Cl)c(NCC2CCCO2)c(C(=O)O)c1. The van der Waals surface area contributed by atoms with Crippen LogP contribution in [-0.4, -0.2) is 30.3 Å². The summed E-state index contributed by atoms with van der Waals surface area (Å²) in [5, 5.41) is 12.5. The number of halogens is 1. The first-order chi connectivity index (χ1) is 8.58. The minimum absolute atomic E-state index is 0.0815. The number of rotatable bonds is 4. The first-order valence-electron chi connectivity index (χ1n) is 5.75. The highest BCUT2D eigenvalue weighted by atomic mass is 35.5. The summed E-state index contributed by atoms with van der Waals surface area (Å²) in [5.74, 6) is -1.06. The third-order valence-corrected chi connectivity index (χ3v) is 3.17. The van der Waals surface area contributed by atoms with Crippen LogP contribution in [0, 0.1) is 0 Å². The van der Waals surface area contributed by atoms with Crippen LogP contribution in [0.3, 0.4) is 0 Å². The smallest absolute Gasteiger partial charge is 0.337 e. The average Bonchev–Trinajstić information content (AvgIpc) is 2.79. The quantitative estimate of drug-likeness (QED) is 0.731. The zero-order valence-electron chi connectivity index (χ0n) is 9.78. The Morgan fingerprint density at radius 1 is 1.61 bits per heavy atom. The lowest BCUT2D eigenvalue weighted by Crippen LogP contribution is -2.20. The van der Waals surface area contributed by atoms with Crippen LogP contribution in [-0.2, 0) is 4.74 Å². The van der Waals surface area contributed by atoms with Crippen LogP contribution in [0.15, 0.2) is 12.1 Å². The summed E-state index contributed by atoms with van der Waals surface area (Å²) in [6, 6.07) is 2.93. The van der Waals surface area contributed by atoms with Crippen molar-refractivity contribution in [1.29, 1.82) is 0 Å². The number of hydrogen-bond donors (Lipinski definition) is 3. The van der Waals surface area contributed by atoms with Crippen LogP contribution in [0.25, 0.3) is 0 Å². The van der Waals surface area contributed by atoms with Gasteiger partial charge in [0, 0.05) is 18.8 Å². The summed E-state index contributed by atoms with van der Waals surface area (Å²) in [5.41, 5.74) is 6.40. The van der Waals surface area contributed by atoms with Crippen molar-refractivity contribution >= 4 is 28.9 Å². The molecule has 0 aliphatic carbocycles. The Kier molecular flexibility index (Phi) is 3.93. The van der Waals surface area contributed by atoms with Gasteiger partial charge in [-0.25, -0.2) is 4.79 Å². The number of benzene rings is 1. The first-order valence-corrected chi connectivity index (χ1v) is 6.13. The Morgan fingerprint density at radius 2 is 2.39 bits per heavy atom. The van der Waals surface area contributed by atoms with Crippen LogP contribution >= 0.6 is 11.6 Å². The summed E-state index contributed by atoms with van der Waals surface area (Å²) >= 11 is 6.02. The maximum absolute atomic E-state index is 11.1. The number of carbonyl (C=O) groups is 1. The first kappa shape index (κ1) is 13.0. The highest BCUT2D eigenvalue weighted by Crippen LogP contribution is 2.29. The number of hydrogen-bond acceptors (Lipinski definition) is 4. The second-order valence-electron chi connectivity index (χ2n) is 4.25. The summed E-state index contributed by atoms with van der Waals surface area (Å²) in [6.45, 7) is 1.30. The van der Waals surface area contributed by atoms with Gasteiger partial charge in [0.1, 0.15) is 0 Å². The monoisotopic (exact) mass is 270 g/mol. The molecule has 1 aliphatic heterocycles. The Balaban J connectivity index is 2.17. The molecule has 1 aromatic carbocycles. The highest BCUT2D eigenvalue weighted by molar-refractivity contribution is 6.34. The molecule has 0 amide bonds. The molecule has 0 aromatic heterocycles. The predicted molar refractivity (Wildman–Crippen MR) is 70.3 cm³/mol. The maximum Gasteiger partial charge on any atom is 0.337 e. The summed E-state index contributed by atoms with van der Waals surface area (Å²) in [6.07, 6.45) is 2.12. The fraction of sp³-hybridized carbons (Fsp3) is 0.417. The van der Waals surface area contributed by atoms with Crippen molar-refractivity contribution in [3.8, 4) is 0 Å². The van der Waals surface area contributed by atoms with Crippen molar-refractivity contribution in [2.75, 3.05) is 24.2 Å². The molecule has 4 N–H and O–H groups in total. The second-order valence-corrected chi connectivity index (χ2v) is 4.65. The number of ether oxygens (including phenoxy) is 1. The van der Waals surface area contributed by atoms with Gasteiger partial charge >= 0.3 is 5.97 Å². The van der Waals surface area contributed by atoms with E-state index in [1.165, 1.54) is 12.1 Å². The third-order valence-electron chi connectivity index (χ3n) is 2.87. The van der Waals surface area contributed by atoms with E-state index in [0.717, 1.165) is 19.4 Å². The van der Waals surface area contributed by atoms with Gasteiger partial charge in [-0.05, 0) is 25.0 Å². The van der Waals surface area contributed by atoms with E-state index < -0.39 is 5.97 Å². The van der Waals surface area contributed by atoms with Gasteiger partial charge in [-0.3, -0.25) is 0 Å². The van der Waals surface area contributed by atoms with E-state index in [0.29, 0.717) is 22.9 Å². The van der Waals surface area contributed by atoms with E-state index in [4.69, 9.17) is 27.2 Å². The van der Waals surface area contributed by atoms with Crippen LogP contribution in [0.2, 0.25) is 5.02 Å². The highest BCUT2D eigenvalue weighted by Gasteiger charge is 2.19. The molecule has 1 unspecified atom stereocenters. The van der Waals surface area contributed by atoms with Gasteiger partial charge < -0.3 is 20.9 Å². The molecule has 2 rings (SSSR count). The number of anilines is 2. The van der Waals surface area contributed by atoms with E-state index in [1.54, 1.807) is 0 Å². The molecular weight excluding hydrogens is 256 g/mol. The van der Waals surface area contributed by atoms with E-state index in [1.807, 2.05) is 0 Å². The second kappa shape index (κ2) is 5.46. The number of carboxylic acid groups (broad SMARTS) is 1. The van der Waals surface area contributed by atoms with Gasteiger partial charge in [-0.2, -0.15) is 0 Å². The molecule has 0 bridgehead atoms. The van der Waals surface area contributed by atoms with Gasteiger partial charge in [-0.15, -0.1) is 0 Å². The Morgan fingerprint density at radius 3 is 3.00 bits per heavy atom. The molecule has 0 saturated carbocycles. The third kappa shape index (κ3) is 2.86. The van der Waals surface area contributed by atoms with E-state index >= 15 is 0 Å². The Hall–Kier alpha value is -1.46. The molecule has 1 aromatic rings. The van der Waals surface area contributed by atoms with Crippen molar-refractivity contribution in [2.24, 2.45) is 0 Å². The minimum Gasteiger partial charge on any atom is -0.478 e. The summed E-state index contributed by atoms with van der Waals surface area (Å²) < 4.78 is 5.46. The number of carboxylic acids is 1. The van der Waals surface area contributed by atoms with Crippen LogP contribution < -0.4 is 11.1 Å². The number of nitrogens with one attached hydrogen (secondary N) is 1. The van der Waals surface area contributed by atoms with Crippen LogP contribution in [0.4, 0.5) is 11.4 Å². The predicted octanol–water partition coefficient (Wildman–Crippen LogP) is 2.21. The Labute approximate surface area is 110 Å². The summed E-state index contributed by atoms with van der Waals surface area (Å²) in [7, 11) is 0. The van der Waals surface area contributed by atoms with Crippen molar-refractivity contribution < 1.29 is 14.6 Å². The molecule has 1 fully saturated rings. The normalized spacial score (nSPS) is 18.8. The van der Waals surface area contributed by atoms with Crippen molar-refractivity contribution in [1.82, 2.24) is 0 Å². The lowest BCUT2D eigenvalue weighted by molar-refractivity contribution is 0.0697. The largest absolute Gasteiger partial charge is 0.478 e. The van der Waals surface area contributed by atoms with E-state index in [2.05, 4.69) is 5.32 Å². The van der Waals surface area contributed by atoms with Crippen molar-refractivity contribution in [3.05, 3.63) is 22.7 Å². The molecule has 1 heterocycles. The standard InChI is InChI=1S/C12H15ClN2O3/c13-10-5-7(14)4-9(12(16)17)11(10)15-6-8-2-1-3-18-8/h4-5,8,15H,1-3,6,14H2,(H,16,17). The van der Waals surface area contributed by atoms with Gasteiger partial charge in [0.2, 0.25) is 0 Å². The molecule has 6 heteroatoms. The fourth-order valence-corrected chi connectivity index (χ4v) is 2.29. The van der Waals surface area contributed by atoms with Crippen LogP contribution in [0.1, 0.15) is 23.2 Å². The number of aromatic carboxylic acids is 1. The molecule has 1 atom stereocenters. The molecule has 0 radical (unpaired) electrons. The lowest BCUT2D eigenvalue weighted by atomic mass is 10.1. The topological polar surface area (TPSA) is 84.6 Å². The molecule has 5 nitrogen and oxygen atoms in total. The zero-order chi connectivity index (χ0) is 13.1.